The van der Waals surface area contributed by atoms with E-state index < -0.39 is 51.6 Å². The fraction of sp³-hybridized carbons (Fsp3) is 0.964. The van der Waals surface area contributed by atoms with Gasteiger partial charge >= 0.3 is 35.0 Å². The van der Waals surface area contributed by atoms with Crippen LogP contribution in [0.2, 0.25) is 70.0 Å². The van der Waals surface area contributed by atoms with Crippen molar-refractivity contribution in [3.05, 3.63) is 7.43 Å². The van der Waals surface area contributed by atoms with E-state index in [0.29, 0.717) is 24.3 Å². The van der Waals surface area contributed by atoms with Crippen LogP contribution in [0.15, 0.2) is 0 Å². The predicted molar refractivity (Wildman–Crippen MR) is 202 cm³/mol. The second kappa shape index (κ2) is 24.9. The van der Waals surface area contributed by atoms with Gasteiger partial charge in [0.1, 0.15) is 0 Å². The Morgan fingerprint density at radius 3 is 0.933 bits per heavy atom. The maximum absolute atomic E-state index is 9.14. The highest BCUT2D eigenvalue weighted by Gasteiger charge is 2.55. The molecule has 0 spiro atoms. The molecular formula is C28H77O11Si6-. The molecular weight excluding hydrogens is 681 g/mol. The molecule has 0 heterocycles. The Hall–Kier alpha value is 0.861. The second-order valence-electron chi connectivity index (χ2n) is 13.5. The van der Waals surface area contributed by atoms with Gasteiger partial charge in [0.15, 0.2) is 16.6 Å². The van der Waals surface area contributed by atoms with Crippen LogP contribution in [0, 0.1) is 7.43 Å². The molecule has 0 unspecified atom stereocenters. The topological polar surface area (TPSA) is 135 Å². The minimum Gasteiger partial charge on any atom is -0.415 e. The molecule has 0 saturated carbocycles. The number of aliphatic hydroxyl groups is 1. The zero-order valence-corrected chi connectivity index (χ0v) is 39.3. The highest BCUT2D eigenvalue weighted by Crippen LogP contribution is 2.33. The van der Waals surface area contributed by atoms with Gasteiger partial charge in [-0.15, -0.1) is 0 Å². The van der Waals surface area contributed by atoms with Crippen LogP contribution in [0.3, 0.4) is 0 Å². The van der Waals surface area contributed by atoms with Crippen LogP contribution in [-0.4, -0.2) is 106 Å². The number of hydrogen-bond donors (Lipinski definition) is 3. The largest absolute Gasteiger partial charge is 0.658 e. The van der Waals surface area contributed by atoms with Crippen LogP contribution < -0.4 is 0 Å². The van der Waals surface area contributed by atoms with Gasteiger partial charge in [-0.25, -0.2) is 0 Å². The summed E-state index contributed by atoms with van der Waals surface area (Å²) in [6.07, 6.45) is 0.0173. The van der Waals surface area contributed by atoms with E-state index in [1.54, 1.807) is 33.3 Å². The van der Waals surface area contributed by atoms with Crippen LogP contribution in [0.1, 0.15) is 69.2 Å². The first-order valence-electron chi connectivity index (χ1n) is 15.7. The molecule has 280 valence electrons. The number of hydrogen-bond acceptors (Lipinski definition) is 11. The van der Waals surface area contributed by atoms with Crippen LogP contribution in [0.4, 0.5) is 0 Å². The van der Waals surface area contributed by atoms with Gasteiger partial charge < -0.3 is 56.6 Å². The first kappa shape index (κ1) is 55.3. The van der Waals surface area contributed by atoms with Crippen LogP contribution in [0.5, 0.6) is 0 Å². The summed E-state index contributed by atoms with van der Waals surface area (Å²) in [4.78, 5) is 18.3. The normalized spacial score (nSPS) is 13.1. The Labute approximate surface area is 286 Å². The van der Waals surface area contributed by atoms with Gasteiger partial charge in [0.05, 0.1) is 0 Å². The smallest absolute Gasteiger partial charge is 0.415 e. The molecule has 0 bridgehead atoms. The van der Waals surface area contributed by atoms with Crippen molar-refractivity contribution in [1.82, 2.24) is 0 Å². The summed E-state index contributed by atoms with van der Waals surface area (Å²) in [5.74, 6) is 0. The Morgan fingerprint density at radius 2 is 0.800 bits per heavy atom. The molecule has 0 aliphatic heterocycles. The van der Waals surface area contributed by atoms with Gasteiger partial charge in [0, 0.05) is 46.2 Å². The lowest BCUT2D eigenvalue weighted by Crippen LogP contribution is -2.63. The monoisotopic (exact) mass is 757 g/mol. The Balaban J connectivity index is -0.000000200. The van der Waals surface area contributed by atoms with Crippen LogP contribution in [-0.2, 0) is 34.5 Å². The average molecular weight is 758 g/mol. The summed E-state index contributed by atoms with van der Waals surface area (Å²) in [6.45, 7) is 39.4. The third-order valence-electron chi connectivity index (χ3n) is 6.00. The van der Waals surface area contributed by atoms with Crippen molar-refractivity contribution in [3.63, 3.8) is 0 Å². The van der Waals surface area contributed by atoms with E-state index in [1.165, 1.54) is 0 Å². The van der Waals surface area contributed by atoms with E-state index in [0.717, 1.165) is 7.11 Å². The zero-order valence-electron chi connectivity index (χ0n) is 33.3. The van der Waals surface area contributed by atoms with E-state index in [-0.39, 0.29) is 19.6 Å². The zero-order chi connectivity index (χ0) is 36.4. The molecule has 0 saturated heterocycles. The Morgan fingerprint density at radius 1 is 0.533 bits per heavy atom. The lowest BCUT2D eigenvalue weighted by atomic mass is 10.5. The standard InChI is InChI=1S/C16H40O4Si3.C6H16O3Si.C4H14O3Si2.CH4O.CH3/c1-13(2)17-23(18-14(3)4,19-21(9,10)15(5)6)20-22(11,12)16(7)8;1-5-8-10(4,7-3)9-6-2;1-8(2,5)7-9(3,4)6;1-2;/h13-16H,1-12H3;5-6H2,1-4H3;5-6H,1-4H3;2H,1H3;1H3/q;;;;-1. The molecule has 0 aliphatic rings. The summed E-state index contributed by atoms with van der Waals surface area (Å²) < 4.78 is 46.6. The van der Waals surface area contributed by atoms with Gasteiger partial charge in [-0.3, -0.25) is 0 Å². The van der Waals surface area contributed by atoms with Gasteiger partial charge in [-0.1, -0.05) is 27.7 Å². The van der Waals surface area contributed by atoms with Gasteiger partial charge in [0.2, 0.25) is 0 Å². The van der Waals surface area contributed by atoms with Crippen molar-refractivity contribution >= 4 is 51.6 Å². The molecule has 0 aromatic rings. The van der Waals surface area contributed by atoms with Crippen molar-refractivity contribution in [2.24, 2.45) is 0 Å². The maximum Gasteiger partial charge on any atom is 0.658 e. The van der Waals surface area contributed by atoms with Gasteiger partial charge in [-0.05, 0) is 105 Å². The summed E-state index contributed by atoms with van der Waals surface area (Å²) >= 11 is 0. The summed E-state index contributed by atoms with van der Waals surface area (Å²) in [5.41, 5.74) is 0.932. The molecule has 11 nitrogen and oxygen atoms in total. The predicted octanol–water partition coefficient (Wildman–Crippen LogP) is 7.26. The fourth-order valence-electron chi connectivity index (χ4n) is 2.90. The molecule has 0 aliphatic carbocycles. The van der Waals surface area contributed by atoms with E-state index in [9.17, 15) is 0 Å². The highest BCUT2D eigenvalue weighted by atomic mass is 28.5. The molecule has 0 fully saturated rings. The van der Waals surface area contributed by atoms with E-state index in [2.05, 4.69) is 53.9 Å². The lowest BCUT2D eigenvalue weighted by Gasteiger charge is -2.43. The van der Waals surface area contributed by atoms with Crippen molar-refractivity contribution in [2.75, 3.05) is 27.4 Å². The van der Waals surface area contributed by atoms with Crippen molar-refractivity contribution < 1.29 is 49.2 Å². The summed E-state index contributed by atoms with van der Waals surface area (Å²) in [6, 6.07) is 0. The molecule has 0 radical (unpaired) electrons. The average Bonchev–Trinajstić information content (AvgIpc) is 2.77. The second-order valence-corrected chi connectivity index (χ2v) is 34.6. The third kappa shape index (κ3) is 30.6. The van der Waals surface area contributed by atoms with Gasteiger partial charge in [-0.2, -0.15) is 0 Å². The van der Waals surface area contributed by atoms with Crippen molar-refractivity contribution in [2.45, 2.75) is 151 Å². The Bertz CT molecular complexity index is 647. The Kier molecular flexibility index (Phi) is 30.6. The van der Waals surface area contributed by atoms with Crippen molar-refractivity contribution in [1.29, 1.82) is 0 Å². The van der Waals surface area contributed by atoms with Crippen LogP contribution >= 0.6 is 0 Å². The summed E-state index contributed by atoms with van der Waals surface area (Å²) in [5, 5.41) is 7.00. The van der Waals surface area contributed by atoms with E-state index >= 15 is 0 Å². The SMILES string of the molecule is CC(C)O[Si](OC(C)C)(O[Si](C)(C)C(C)C)O[Si](C)(C)C(C)C.CCO[Si](C)(OC)OCC.CO.C[Si](C)(O)O[Si](C)(C)O.[CH3-]. The summed E-state index contributed by atoms with van der Waals surface area (Å²) in [7, 11) is -11.7. The third-order valence-corrected chi connectivity index (χ3v) is 25.7. The first-order chi connectivity index (χ1) is 19.5. The van der Waals surface area contributed by atoms with E-state index in [4.69, 9.17) is 49.2 Å². The fourth-order valence-corrected chi connectivity index (χ4v) is 18.7. The van der Waals surface area contributed by atoms with Gasteiger partial charge in [0.25, 0.3) is 0 Å². The lowest BCUT2D eigenvalue weighted by molar-refractivity contribution is -0.00517. The first-order valence-corrected chi connectivity index (χ1v) is 31.2. The van der Waals surface area contributed by atoms with Crippen molar-refractivity contribution in [3.8, 4) is 0 Å². The van der Waals surface area contributed by atoms with Crippen LogP contribution in [0.25, 0.3) is 0 Å². The molecule has 0 aromatic carbocycles. The molecule has 0 rings (SSSR count). The molecule has 3 N–H and O–H groups in total. The highest BCUT2D eigenvalue weighted by molar-refractivity contribution is 6.85. The molecule has 17 heteroatoms. The van der Waals surface area contributed by atoms with E-state index in [1.807, 2.05) is 48.1 Å². The number of rotatable bonds is 17. The maximum atomic E-state index is 9.14. The minimum atomic E-state index is -3.19. The number of aliphatic hydroxyl groups excluding tert-OH is 1. The minimum absolute atomic E-state index is 0. The molecule has 0 atom stereocenters. The molecule has 45 heavy (non-hydrogen) atoms. The molecule has 0 aromatic heterocycles. The molecule has 0 amide bonds. The quantitative estimate of drug-likeness (QED) is 0.102.